The smallest absolute Gasteiger partial charge is 0.233 e. The first kappa shape index (κ1) is 26.8. The number of aromatic amines is 1. The van der Waals surface area contributed by atoms with Crippen LogP contribution in [0.2, 0.25) is 0 Å². The number of carbonyl (C=O) groups is 1. The lowest BCUT2D eigenvalue weighted by Crippen LogP contribution is -2.53. The van der Waals surface area contributed by atoms with Crippen molar-refractivity contribution < 1.29 is 28.1 Å². The summed E-state index contributed by atoms with van der Waals surface area (Å²) in [5, 5.41) is 3.26. The number of halogens is 1. The molecule has 1 atom stereocenters. The number of carbonyl (C=O) groups excluding carboxylic acids is 1. The molecule has 3 aromatic rings. The van der Waals surface area contributed by atoms with Gasteiger partial charge in [-0.25, -0.2) is 19.3 Å². The number of ether oxygens (including phenoxy) is 4. The van der Waals surface area contributed by atoms with E-state index < -0.39 is 11.7 Å². The van der Waals surface area contributed by atoms with Crippen LogP contribution in [0.3, 0.4) is 0 Å². The van der Waals surface area contributed by atoms with Gasteiger partial charge in [0.25, 0.3) is 0 Å². The predicted octanol–water partition coefficient (Wildman–Crippen LogP) is 3.17. The Morgan fingerprint density at radius 2 is 1.88 bits per heavy atom. The van der Waals surface area contributed by atoms with Crippen LogP contribution in [0.5, 0.6) is 0 Å². The first-order valence-corrected chi connectivity index (χ1v) is 13.6. The fourth-order valence-electron chi connectivity index (χ4n) is 5.14. The standard InChI is InChI=1S/C28H33FN6O5/c1-28(26(36)35-10-13-37-14-11-35)16-39-25(40-17-28)24-33-22(18-4-6-19(29)7-5-18)23(34-24)21-8-9-30-27(32-21)31-15-20-3-2-12-38-20/h4-9,20,25H,2-3,10-17H2,1H3,(H,33,34)(H,30,31,32). The summed E-state index contributed by atoms with van der Waals surface area (Å²) in [7, 11) is 0. The highest BCUT2D eigenvalue weighted by atomic mass is 19.1. The number of rotatable bonds is 7. The van der Waals surface area contributed by atoms with Gasteiger partial charge >= 0.3 is 0 Å². The Balaban J connectivity index is 1.23. The lowest BCUT2D eigenvalue weighted by Gasteiger charge is -2.39. The van der Waals surface area contributed by atoms with Gasteiger partial charge in [-0.3, -0.25) is 4.79 Å². The van der Waals surface area contributed by atoms with E-state index in [0.717, 1.165) is 19.4 Å². The Morgan fingerprint density at radius 1 is 1.10 bits per heavy atom. The molecule has 5 heterocycles. The highest BCUT2D eigenvalue weighted by Gasteiger charge is 2.43. The average Bonchev–Trinajstić information content (AvgIpc) is 3.68. The summed E-state index contributed by atoms with van der Waals surface area (Å²) in [6.45, 7) is 5.79. The number of H-pyrrole nitrogens is 1. The summed E-state index contributed by atoms with van der Waals surface area (Å²) in [4.78, 5) is 32.1. The van der Waals surface area contributed by atoms with E-state index in [1.54, 1.807) is 29.3 Å². The first-order valence-electron chi connectivity index (χ1n) is 13.6. The topological polar surface area (TPSA) is 124 Å². The minimum Gasteiger partial charge on any atom is -0.378 e. The predicted molar refractivity (Wildman–Crippen MR) is 143 cm³/mol. The lowest BCUT2D eigenvalue weighted by atomic mass is 9.90. The highest BCUT2D eigenvalue weighted by molar-refractivity contribution is 5.83. The summed E-state index contributed by atoms with van der Waals surface area (Å²) in [6, 6.07) is 7.88. The molecule has 0 spiro atoms. The largest absolute Gasteiger partial charge is 0.378 e. The van der Waals surface area contributed by atoms with E-state index in [1.807, 2.05) is 6.92 Å². The van der Waals surface area contributed by atoms with E-state index in [1.165, 1.54) is 12.1 Å². The van der Waals surface area contributed by atoms with Crippen LogP contribution in [0.4, 0.5) is 10.3 Å². The van der Waals surface area contributed by atoms with E-state index in [4.69, 9.17) is 28.9 Å². The van der Waals surface area contributed by atoms with Crippen molar-refractivity contribution in [2.45, 2.75) is 32.2 Å². The number of imidazole rings is 1. The van der Waals surface area contributed by atoms with E-state index in [9.17, 15) is 9.18 Å². The molecule has 3 fully saturated rings. The van der Waals surface area contributed by atoms with Crippen LogP contribution in [0.15, 0.2) is 36.5 Å². The molecule has 2 N–H and O–H groups in total. The van der Waals surface area contributed by atoms with Gasteiger partial charge in [0.2, 0.25) is 18.1 Å². The average molecular weight is 553 g/mol. The van der Waals surface area contributed by atoms with Crippen LogP contribution >= 0.6 is 0 Å². The minimum absolute atomic E-state index is 0.00889. The van der Waals surface area contributed by atoms with Crippen LogP contribution in [-0.4, -0.2) is 89.5 Å². The maximum atomic E-state index is 13.7. The van der Waals surface area contributed by atoms with Crippen molar-refractivity contribution in [2.75, 3.05) is 58.0 Å². The highest BCUT2D eigenvalue weighted by Crippen LogP contribution is 2.36. The van der Waals surface area contributed by atoms with Crippen molar-refractivity contribution in [1.29, 1.82) is 0 Å². The van der Waals surface area contributed by atoms with Crippen molar-refractivity contribution in [1.82, 2.24) is 24.8 Å². The zero-order valence-corrected chi connectivity index (χ0v) is 22.4. The molecule has 3 saturated heterocycles. The summed E-state index contributed by atoms with van der Waals surface area (Å²) in [6.07, 6.45) is 3.06. The normalized spacial score (nSPS) is 25.2. The van der Waals surface area contributed by atoms with Crippen molar-refractivity contribution in [2.24, 2.45) is 5.41 Å². The Morgan fingerprint density at radius 3 is 2.60 bits per heavy atom. The van der Waals surface area contributed by atoms with Gasteiger partial charge in [0, 0.05) is 38.0 Å². The zero-order valence-electron chi connectivity index (χ0n) is 22.4. The molecule has 1 unspecified atom stereocenters. The molecule has 0 saturated carbocycles. The molecule has 3 aliphatic heterocycles. The SMILES string of the molecule is CC1(C(=O)N2CCOCC2)COC(c2nc(-c3ccc(F)cc3)c(-c3ccnc(NCC4CCCO4)n3)[nH]2)OC1. The van der Waals surface area contributed by atoms with Crippen LogP contribution in [0.25, 0.3) is 22.6 Å². The van der Waals surface area contributed by atoms with E-state index >= 15 is 0 Å². The second kappa shape index (κ2) is 11.6. The number of morpholine rings is 1. The maximum Gasteiger partial charge on any atom is 0.233 e. The fraction of sp³-hybridized carbons (Fsp3) is 0.500. The second-order valence-corrected chi connectivity index (χ2v) is 10.6. The maximum absolute atomic E-state index is 13.7. The molecule has 212 valence electrons. The van der Waals surface area contributed by atoms with E-state index in [-0.39, 0.29) is 31.0 Å². The molecule has 2 aromatic heterocycles. The third kappa shape index (κ3) is 5.71. The van der Waals surface area contributed by atoms with E-state index in [0.29, 0.717) is 67.3 Å². The summed E-state index contributed by atoms with van der Waals surface area (Å²) in [5.74, 6) is 0.553. The quantitative estimate of drug-likeness (QED) is 0.455. The van der Waals surface area contributed by atoms with Gasteiger partial charge in [-0.1, -0.05) is 0 Å². The number of anilines is 1. The van der Waals surface area contributed by atoms with Gasteiger partial charge in [-0.2, -0.15) is 0 Å². The third-order valence-corrected chi connectivity index (χ3v) is 7.41. The second-order valence-electron chi connectivity index (χ2n) is 10.6. The Kier molecular flexibility index (Phi) is 7.74. The summed E-state index contributed by atoms with van der Waals surface area (Å²) in [5.41, 5.74) is 1.69. The van der Waals surface area contributed by atoms with Crippen LogP contribution in [0, 0.1) is 11.2 Å². The van der Waals surface area contributed by atoms with Crippen LogP contribution in [0.1, 0.15) is 31.9 Å². The number of hydrogen-bond donors (Lipinski definition) is 2. The van der Waals surface area contributed by atoms with Crippen LogP contribution in [-0.2, 0) is 23.7 Å². The molecular formula is C28H33FN6O5. The van der Waals surface area contributed by atoms with Gasteiger partial charge in [-0.15, -0.1) is 0 Å². The van der Waals surface area contributed by atoms with Crippen molar-refractivity contribution in [3.63, 3.8) is 0 Å². The number of aromatic nitrogens is 4. The van der Waals surface area contributed by atoms with Crippen LogP contribution < -0.4 is 5.32 Å². The number of nitrogens with zero attached hydrogens (tertiary/aromatic N) is 4. The molecule has 11 nitrogen and oxygen atoms in total. The van der Waals surface area contributed by atoms with E-state index in [2.05, 4.69) is 15.3 Å². The van der Waals surface area contributed by atoms with Crippen molar-refractivity contribution >= 4 is 11.9 Å². The molecular weight excluding hydrogens is 519 g/mol. The lowest BCUT2D eigenvalue weighted by molar-refractivity contribution is -0.235. The van der Waals surface area contributed by atoms with Crippen molar-refractivity contribution in [3.8, 4) is 22.6 Å². The minimum atomic E-state index is -0.808. The molecule has 0 radical (unpaired) electrons. The summed E-state index contributed by atoms with van der Waals surface area (Å²) >= 11 is 0. The summed E-state index contributed by atoms with van der Waals surface area (Å²) < 4.78 is 36.9. The van der Waals surface area contributed by atoms with Crippen molar-refractivity contribution in [3.05, 3.63) is 48.2 Å². The first-order chi connectivity index (χ1) is 19.5. The van der Waals surface area contributed by atoms with Gasteiger partial charge in [-0.05, 0) is 50.1 Å². The van der Waals surface area contributed by atoms with Gasteiger partial charge in [0.05, 0.1) is 55.0 Å². The van der Waals surface area contributed by atoms with Gasteiger partial charge in [0.1, 0.15) is 5.82 Å². The molecule has 0 aliphatic carbocycles. The van der Waals surface area contributed by atoms with Gasteiger partial charge < -0.3 is 34.1 Å². The Bertz CT molecular complexity index is 1310. The molecule has 1 amide bonds. The molecule has 0 bridgehead atoms. The number of amides is 1. The number of benzene rings is 1. The fourth-order valence-corrected chi connectivity index (χ4v) is 5.14. The molecule has 40 heavy (non-hydrogen) atoms. The molecule has 1 aromatic carbocycles. The number of nitrogens with one attached hydrogen (secondary N) is 2. The molecule has 6 rings (SSSR count). The number of hydrogen-bond acceptors (Lipinski definition) is 9. The monoisotopic (exact) mass is 552 g/mol. The Labute approximate surface area is 231 Å². The zero-order chi connectivity index (χ0) is 27.5. The van der Waals surface area contributed by atoms with Gasteiger partial charge in [0.15, 0.2) is 5.82 Å². The molecule has 3 aliphatic rings. The third-order valence-electron chi connectivity index (χ3n) is 7.41. The Hall–Kier alpha value is -3.45. The molecule has 12 heteroatoms.